The first-order valence-corrected chi connectivity index (χ1v) is 19.2. The largest absolute Gasteiger partial charge is 0.444 e. The van der Waals surface area contributed by atoms with Crippen LogP contribution in [-0.2, 0) is 42.0 Å². The average molecular weight is 737 g/mol. The first kappa shape index (κ1) is 41.4. The number of nitrogens with one attached hydrogen (secondary N) is 4. The number of carbonyl (C=O) groups excluding carboxylic acids is 4. The molecule has 3 rings (SSSR count). The highest BCUT2D eigenvalue weighted by Gasteiger charge is 2.44. The van der Waals surface area contributed by atoms with Gasteiger partial charge in [-0.25, -0.2) is 4.79 Å². The van der Waals surface area contributed by atoms with Gasteiger partial charge < -0.3 is 30.7 Å². The molecular formula is C39H52N4O6S2. The van der Waals surface area contributed by atoms with Gasteiger partial charge in [-0.2, -0.15) is 23.5 Å². The van der Waals surface area contributed by atoms with E-state index in [1.807, 2.05) is 91.0 Å². The summed E-state index contributed by atoms with van der Waals surface area (Å²) >= 11 is 2.93. The second-order valence-corrected chi connectivity index (χ2v) is 15.7. The zero-order valence-corrected chi connectivity index (χ0v) is 32.2. The molecule has 0 radical (unpaired) electrons. The summed E-state index contributed by atoms with van der Waals surface area (Å²) in [6, 6.07) is 28.0. The normalized spacial score (nSPS) is 14.9. The molecule has 0 heterocycles. The third kappa shape index (κ3) is 13.9. The number of benzene rings is 3. The molecule has 0 aromatic heterocycles. The van der Waals surface area contributed by atoms with Gasteiger partial charge in [0.25, 0.3) is 0 Å². The van der Waals surface area contributed by atoms with E-state index in [2.05, 4.69) is 21.3 Å². The molecule has 0 bridgehead atoms. The maximum atomic E-state index is 14.3. The summed E-state index contributed by atoms with van der Waals surface area (Å²) < 4.78 is 11.6. The van der Waals surface area contributed by atoms with Gasteiger partial charge in [0.1, 0.15) is 22.7 Å². The Morgan fingerprint density at radius 3 is 1.57 bits per heavy atom. The van der Waals surface area contributed by atoms with Gasteiger partial charge in [-0.3, -0.25) is 14.4 Å². The van der Waals surface area contributed by atoms with Crippen LogP contribution in [0.3, 0.4) is 0 Å². The van der Waals surface area contributed by atoms with Gasteiger partial charge in [0.2, 0.25) is 17.7 Å². The lowest BCUT2D eigenvalue weighted by Gasteiger charge is -2.37. The highest BCUT2D eigenvalue weighted by atomic mass is 32.2. The summed E-state index contributed by atoms with van der Waals surface area (Å²) in [7, 11) is 1.49. The van der Waals surface area contributed by atoms with Crippen molar-refractivity contribution in [1.29, 1.82) is 0 Å². The fourth-order valence-corrected chi connectivity index (χ4v) is 7.16. The lowest BCUT2D eigenvalue weighted by Crippen LogP contribution is -2.68. The topological polar surface area (TPSA) is 135 Å². The van der Waals surface area contributed by atoms with Crippen molar-refractivity contribution in [3.63, 3.8) is 0 Å². The standard InChI is InChI=1S/C39H52N4O6S2/c1-28(48-23-29-17-11-8-12-18-29)32(33(44)40-7)41-34(45)38(5,26-50-24-30-19-13-9-14-20-30)42-35(46)39(6,43-36(47)49-37(2,3)4)27-51-25-31-21-15-10-16-22-31/h8-22,28,32H,23-27H2,1-7H3,(H,40,44)(H,41,45)(H,42,46)(H,43,47)/t28-,32+,38+,39+/m1/s1. The Labute approximate surface area is 311 Å². The van der Waals surface area contributed by atoms with Gasteiger partial charge in [0, 0.05) is 30.1 Å². The second kappa shape index (κ2) is 19.6. The van der Waals surface area contributed by atoms with Crippen LogP contribution in [0.5, 0.6) is 0 Å². The SMILES string of the molecule is CNC(=O)[C@@H](NC(=O)[C@](C)(CSCc1ccccc1)NC(=O)[C@](C)(CSCc1ccccc1)NC(=O)OC(C)(C)C)[C@@H](C)OCc1ccccc1. The van der Waals surface area contributed by atoms with E-state index < -0.39 is 52.6 Å². The number of carbonyl (C=O) groups is 4. The van der Waals surface area contributed by atoms with E-state index in [-0.39, 0.29) is 18.1 Å². The number of hydrogen-bond donors (Lipinski definition) is 4. The number of thioether (sulfide) groups is 2. The van der Waals surface area contributed by atoms with Crippen LogP contribution in [0.1, 0.15) is 58.2 Å². The van der Waals surface area contributed by atoms with Crippen LogP contribution in [0.15, 0.2) is 91.0 Å². The number of hydrogen-bond acceptors (Lipinski definition) is 8. The molecule has 0 aliphatic carbocycles. The zero-order chi connectivity index (χ0) is 37.5. The van der Waals surface area contributed by atoms with Crippen molar-refractivity contribution >= 4 is 47.3 Å². The van der Waals surface area contributed by atoms with Gasteiger partial charge in [0.05, 0.1) is 12.7 Å². The quantitative estimate of drug-likeness (QED) is 0.128. The number of rotatable bonds is 18. The van der Waals surface area contributed by atoms with Crippen molar-refractivity contribution in [2.24, 2.45) is 0 Å². The van der Waals surface area contributed by atoms with Crippen LogP contribution >= 0.6 is 23.5 Å². The summed E-state index contributed by atoms with van der Waals surface area (Å²) in [6.07, 6.45) is -1.46. The fraction of sp³-hybridized carbons (Fsp3) is 0.436. The van der Waals surface area contributed by atoms with Crippen LogP contribution in [0.25, 0.3) is 0 Å². The van der Waals surface area contributed by atoms with Crippen molar-refractivity contribution < 1.29 is 28.7 Å². The molecule has 10 nitrogen and oxygen atoms in total. The molecule has 0 saturated carbocycles. The van der Waals surface area contributed by atoms with E-state index in [0.29, 0.717) is 11.5 Å². The van der Waals surface area contributed by atoms with E-state index in [4.69, 9.17) is 9.47 Å². The van der Waals surface area contributed by atoms with Crippen molar-refractivity contribution in [2.75, 3.05) is 18.6 Å². The minimum Gasteiger partial charge on any atom is -0.444 e. The zero-order valence-electron chi connectivity index (χ0n) is 30.6. The summed E-state index contributed by atoms with van der Waals surface area (Å²) in [5.41, 5.74) is -0.746. The molecular weight excluding hydrogens is 685 g/mol. The minimum atomic E-state index is -1.51. The minimum absolute atomic E-state index is 0.166. The molecule has 3 aromatic rings. The van der Waals surface area contributed by atoms with Crippen molar-refractivity contribution in [3.8, 4) is 0 Å². The Balaban J connectivity index is 1.87. The van der Waals surface area contributed by atoms with Gasteiger partial charge >= 0.3 is 6.09 Å². The molecule has 0 saturated heterocycles. The second-order valence-electron chi connectivity index (χ2n) is 13.8. The molecule has 0 unspecified atom stereocenters. The van der Waals surface area contributed by atoms with Crippen molar-refractivity contribution in [1.82, 2.24) is 21.3 Å². The lowest BCUT2D eigenvalue weighted by atomic mass is 9.97. The van der Waals surface area contributed by atoms with E-state index in [9.17, 15) is 19.2 Å². The number of amides is 4. The van der Waals surface area contributed by atoms with Gasteiger partial charge in [0.15, 0.2) is 0 Å². The molecule has 12 heteroatoms. The number of ether oxygens (including phenoxy) is 2. The van der Waals surface area contributed by atoms with E-state index in [1.54, 1.807) is 41.5 Å². The van der Waals surface area contributed by atoms with E-state index in [0.717, 1.165) is 16.7 Å². The Bertz CT molecular complexity index is 1560. The van der Waals surface area contributed by atoms with E-state index >= 15 is 0 Å². The monoisotopic (exact) mass is 736 g/mol. The van der Waals surface area contributed by atoms with Gasteiger partial charge in [-0.15, -0.1) is 0 Å². The van der Waals surface area contributed by atoms with Crippen LogP contribution in [0, 0.1) is 0 Å². The third-order valence-electron chi connectivity index (χ3n) is 7.81. The van der Waals surface area contributed by atoms with E-state index in [1.165, 1.54) is 30.6 Å². The molecule has 4 atom stereocenters. The number of likely N-dealkylation sites (N-methyl/N-ethyl adjacent to an activating group) is 1. The molecule has 4 N–H and O–H groups in total. The van der Waals surface area contributed by atoms with Crippen LogP contribution in [0.2, 0.25) is 0 Å². The molecule has 276 valence electrons. The third-order valence-corrected chi connectivity index (χ3v) is 10.5. The average Bonchev–Trinajstić information content (AvgIpc) is 3.09. The summed E-state index contributed by atoms with van der Waals surface area (Å²) in [5.74, 6) is -0.0582. The Morgan fingerprint density at radius 2 is 1.12 bits per heavy atom. The van der Waals surface area contributed by atoms with Crippen LogP contribution < -0.4 is 21.3 Å². The maximum Gasteiger partial charge on any atom is 0.408 e. The first-order chi connectivity index (χ1) is 24.1. The molecule has 4 amide bonds. The molecule has 0 spiro atoms. The smallest absolute Gasteiger partial charge is 0.408 e. The Kier molecular flexibility index (Phi) is 15.9. The lowest BCUT2D eigenvalue weighted by molar-refractivity contribution is -0.138. The van der Waals surface area contributed by atoms with Crippen molar-refractivity contribution in [2.45, 2.75) is 88.5 Å². The summed E-state index contributed by atoms with van der Waals surface area (Å²) in [4.78, 5) is 54.8. The maximum absolute atomic E-state index is 14.3. The van der Waals surface area contributed by atoms with Crippen LogP contribution in [0.4, 0.5) is 4.79 Å². The molecule has 3 aromatic carbocycles. The molecule has 0 aliphatic heterocycles. The Morgan fingerprint density at radius 1 is 0.667 bits per heavy atom. The summed E-state index contributed by atoms with van der Waals surface area (Å²) in [6.45, 7) is 10.4. The van der Waals surface area contributed by atoms with Crippen LogP contribution in [-0.4, -0.2) is 71.2 Å². The van der Waals surface area contributed by atoms with Gasteiger partial charge in [-0.05, 0) is 58.2 Å². The highest BCUT2D eigenvalue weighted by Crippen LogP contribution is 2.24. The van der Waals surface area contributed by atoms with Gasteiger partial charge in [-0.1, -0.05) is 91.0 Å². The summed E-state index contributed by atoms with van der Waals surface area (Å²) in [5, 5.41) is 11.2. The molecule has 0 fully saturated rings. The fourth-order valence-electron chi connectivity index (χ4n) is 4.88. The molecule has 0 aliphatic rings. The number of alkyl carbamates (subject to hydrolysis) is 1. The predicted molar refractivity (Wildman–Crippen MR) is 206 cm³/mol. The molecule has 51 heavy (non-hydrogen) atoms. The predicted octanol–water partition coefficient (Wildman–Crippen LogP) is 5.85. The first-order valence-electron chi connectivity index (χ1n) is 16.9. The Hall–Kier alpha value is -4.00. The highest BCUT2D eigenvalue weighted by molar-refractivity contribution is 7.98. The van der Waals surface area contributed by atoms with Crippen molar-refractivity contribution in [3.05, 3.63) is 108 Å².